The van der Waals surface area contributed by atoms with Gasteiger partial charge in [0.1, 0.15) is 5.82 Å². The first-order valence-corrected chi connectivity index (χ1v) is 7.15. The van der Waals surface area contributed by atoms with Crippen LogP contribution in [0.4, 0.5) is 10.1 Å². The second kappa shape index (κ2) is 5.98. The van der Waals surface area contributed by atoms with Crippen molar-refractivity contribution in [3.63, 3.8) is 0 Å². The number of amides is 1. The summed E-state index contributed by atoms with van der Waals surface area (Å²) in [5, 5.41) is 4.98. The molecule has 0 aliphatic carbocycles. The molecule has 0 saturated heterocycles. The molecule has 0 atom stereocenters. The van der Waals surface area contributed by atoms with E-state index >= 15 is 0 Å². The number of halogens is 1. The molecule has 0 heterocycles. The Morgan fingerprint density at radius 3 is 2.55 bits per heavy atom. The largest absolute Gasteiger partial charge is 0.326 e. The standard InChI is InChI=1S/C19H16FNO/c1-13-6-9-17(12-18(13)20)21-19(22)11-14-7-8-15-4-2-3-5-16(15)10-14/h2-10,12H,11H2,1H3,(H,21,22). The predicted octanol–water partition coefficient (Wildman–Crippen LogP) is 4.47. The molecule has 0 fully saturated rings. The molecule has 0 unspecified atom stereocenters. The number of hydrogen-bond donors (Lipinski definition) is 1. The highest BCUT2D eigenvalue weighted by molar-refractivity contribution is 5.93. The van der Waals surface area contributed by atoms with E-state index in [2.05, 4.69) is 5.32 Å². The molecule has 1 N–H and O–H groups in total. The first kappa shape index (κ1) is 14.3. The quantitative estimate of drug-likeness (QED) is 0.758. The molecule has 3 aromatic carbocycles. The maximum Gasteiger partial charge on any atom is 0.228 e. The Labute approximate surface area is 128 Å². The summed E-state index contributed by atoms with van der Waals surface area (Å²) in [5.41, 5.74) is 1.98. The van der Waals surface area contributed by atoms with Crippen molar-refractivity contribution in [2.75, 3.05) is 5.32 Å². The number of carbonyl (C=O) groups excluding carboxylic acids is 1. The van der Waals surface area contributed by atoms with E-state index in [9.17, 15) is 9.18 Å². The number of aryl methyl sites for hydroxylation is 1. The summed E-state index contributed by atoms with van der Waals surface area (Å²) in [4.78, 5) is 12.1. The van der Waals surface area contributed by atoms with E-state index in [4.69, 9.17) is 0 Å². The predicted molar refractivity (Wildman–Crippen MR) is 87.4 cm³/mol. The van der Waals surface area contributed by atoms with E-state index in [1.165, 1.54) is 6.07 Å². The van der Waals surface area contributed by atoms with Crippen LogP contribution >= 0.6 is 0 Å². The van der Waals surface area contributed by atoms with Crippen LogP contribution in [0.15, 0.2) is 60.7 Å². The summed E-state index contributed by atoms with van der Waals surface area (Å²) in [6, 6.07) is 18.7. The lowest BCUT2D eigenvalue weighted by Gasteiger charge is -2.07. The van der Waals surface area contributed by atoms with Crippen LogP contribution in [-0.2, 0) is 11.2 Å². The second-order valence-electron chi connectivity index (χ2n) is 5.37. The average Bonchev–Trinajstić information content (AvgIpc) is 2.51. The van der Waals surface area contributed by atoms with Gasteiger partial charge in [-0.15, -0.1) is 0 Å². The van der Waals surface area contributed by atoms with Gasteiger partial charge >= 0.3 is 0 Å². The number of anilines is 1. The third-order valence-corrected chi connectivity index (χ3v) is 3.63. The first-order valence-electron chi connectivity index (χ1n) is 7.15. The van der Waals surface area contributed by atoms with Gasteiger partial charge in [0, 0.05) is 5.69 Å². The van der Waals surface area contributed by atoms with Gasteiger partial charge < -0.3 is 5.32 Å². The van der Waals surface area contributed by atoms with Crippen LogP contribution < -0.4 is 5.32 Å². The van der Waals surface area contributed by atoms with Crippen LogP contribution in [0, 0.1) is 12.7 Å². The molecule has 3 rings (SSSR count). The highest BCUT2D eigenvalue weighted by Gasteiger charge is 2.06. The summed E-state index contributed by atoms with van der Waals surface area (Å²) >= 11 is 0. The fourth-order valence-corrected chi connectivity index (χ4v) is 2.41. The van der Waals surface area contributed by atoms with Crippen LogP contribution in [0.3, 0.4) is 0 Å². The fraction of sp³-hybridized carbons (Fsp3) is 0.105. The van der Waals surface area contributed by atoms with Crippen molar-refractivity contribution >= 4 is 22.4 Å². The molecule has 0 aromatic heterocycles. The summed E-state index contributed by atoms with van der Waals surface area (Å²) in [6.45, 7) is 1.69. The number of benzene rings is 3. The van der Waals surface area contributed by atoms with E-state index in [1.54, 1.807) is 19.1 Å². The zero-order valence-electron chi connectivity index (χ0n) is 12.3. The van der Waals surface area contributed by atoms with Gasteiger partial charge in [-0.25, -0.2) is 4.39 Å². The molecule has 1 amide bonds. The first-order chi connectivity index (χ1) is 10.6. The minimum absolute atomic E-state index is 0.154. The Bertz CT molecular complexity index is 842. The monoisotopic (exact) mass is 293 g/mol. The molecule has 0 bridgehead atoms. The molecular formula is C19H16FNO. The van der Waals surface area contributed by atoms with Gasteiger partial charge in [-0.3, -0.25) is 4.79 Å². The average molecular weight is 293 g/mol. The summed E-state index contributed by atoms with van der Waals surface area (Å²) in [6.07, 6.45) is 0.264. The smallest absolute Gasteiger partial charge is 0.228 e. The molecule has 3 heteroatoms. The molecule has 22 heavy (non-hydrogen) atoms. The van der Waals surface area contributed by atoms with Crippen molar-refractivity contribution in [2.24, 2.45) is 0 Å². The normalized spacial score (nSPS) is 10.6. The van der Waals surface area contributed by atoms with Gasteiger partial charge in [0.2, 0.25) is 5.91 Å². The van der Waals surface area contributed by atoms with E-state index in [0.29, 0.717) is 11.3 Å². The van der Waals surface area contributed by atoms with E-state index in [-0.39, 0.29) is 18.1 Å². The van der Waals surface area contributed by atoms with Gasteiger partial charge in [-0.2, -0.15) is 0 Å². The number of hydrogen-bond acceptors (Lipinski definition) is 1. The number of rotatable bonds is 3. The van der Waals surface area contributed by atoms with Crippen molar-refractivity contribution in [1.29, 1.82) is 0 Å². The minimum Gasteiger partial charge on any atom is -0.326 e. The lowest BCUT2D eigenvalue weighted by Crippen LogP contribution is -2.14. The summed E-state index contributed by atoms with van der Waals surface area (Å²) in [7, 11) is 0. The third-order valence-electron chi connectivity index (χ3n) is 3.63. The van der Waals surface area contributed by atoms with Crippen LogP contribution in [0.5, 0.6) is 0 Å². The van der Waals surface area contributed by atoms with Gasteiger partial charge in [-0.1, -0.05) is 48.5 Å². The van der Waals surface area contributed by atoms with Gasteiger partial charge in [-0.05, 0) is 41.0 Å². The lowest BCUT2D eigenvalue weighted by atomic mass is 10.0. The van der Waals surface area contributed by atoms with Crippen molar-refractivity contribution in [2.45, 2.75) is 13.3 Å². The highest BCUT2D eigenvalue weighted by atomic mass is 19.1. The van der Waals surface area contributed by atoms with E-state index in [0.717, 1.165) is 16.3 Å². The molecule has 3 aromatic rings. The van der Waals surface area contributed by atoms with Crippen molar-refractivity contribution in [3.8, 4) is 0 Å². The van der Waals surface area contributed by atoms with Gasteiger partial charge in [0.25, 0.3) is 0 Å². The molecule has 0 saturated carbocycles. The van der Waals surface area contributed by atoms with Crippen LogP contribution in [0.2, 0.25) is 0 Å². The molecule has 2 nitrogen and oxygen atoms in total. The lowest BCUT2D eigenvalue weighted by molar-refractivity contribution is -0.115. The van der Waals surface area contributed by atoms with Gasteiger partial charge in [0.05, 0.1) is 6.42 Å². The van der Waals surface area contributed by atoms with E-state index < -0.39 is 0 Å². The molecule has 0 aliphatic heterocycles. The Balaban J connectivity index is 1.73. The maximum atomic E-state index is 13.5. The number of carbonyl (C=O) groups is 1. The van der Waals surface area contributed by atoms with Crippen LogP contribution in [0.25, 0.3) is 10.8 Å². The zero-order valence-corrected chi connectivity index (χ0v) is 12.3. The topological polar surface area (TPSA) is 29.1 Å². The fourth-order valence-electron chi connectivity index (χ4n) is 2.41. The van der Waals surface area contributed by atoms with Crippen LogP contribution in [-0.4, -0.2) is 5.91 Å². The van der Waals surface area contributed by atoms with Crippen molar-refractivity contribution in [1.82, 2.24) is 0 Å². The molecule has 0 radical (unpaired) electrons. The van der Waals surface area contributed by atoms with Crippen LogP contribution in [0.1, 0.15) is 11.1 Å². The Morgan fingerprint density at radius 1 is 1.00 bits per heavy atom. The number of nitrogens with one attached hydrogen (secondary N) is 1. The second-order valence-corrected chi connectivity index (χ2v) is 5.37. The molecular weight excluding hydrogens is 277 g/mol. The third kappa shape index (κ3) is 3.14. The molecule has 0 aliphatic rings. The highest BCUT2D eigenvalue weighted by Crippen LogP contribution is 2.17. The Hall–Kier alpha value is -2.68. The SMILES string of the molecule is Cc1ccc(NC(=O)Cc2ccc3ccccc3c2)cc1F. The van der Waals surface area contributed by atoms with E-state index in [1.807, 2.05) is 42.5 Å². The Morgan fingerprint density at radius 2 is 1.77 bits per heavy atom. The maximum absolute atomic E-state index is 13.5. The molecule has 110 valence electrons. The van der Waals surface area contributed by atoms with Crippen molar-refractivity contribution in [3.05, 3.63) is 77.6 Å². The van der Waals surface area contributed by atoms with Gasteiger partial charge in [0.15, 0.2) is 0 Å². The van der Waals surface area contributed by atoms with Crippen molar-refractivity contribution < 1.29 is 9.18 Å². The summed E-state index contributed by atoms with van der Waals surface area (Å²) < 4.78 is 13.5. The summed E-state index contributed by atoms with van der Waals surface area (Å²) in [5.74, 6) is -0.470. The number of fused-ring (bicyclic) bond motifs is 1. The molecule has 0 spiro atoms. The minimum atomic E-state index is -0.316. The Kier molecular flexibility index (Phi) is 3.88. The zero-order chi connectivity index (χ0) is 15.5.